The molecule has 0 saturated heterocycles. The Morgan fingerprint density at radius 2 is 1.44 bits per heavy atom. The van der Waals surface area contributed by atoms with Gasteiger partial charge in [0.15, 0.2) is 11.6 Å². The van der Waals surface area contributed by atoms with E-state index in [0.717, 1.165) is 67.7 Å². The van der Waals surface area contributed by atoms with Gasteiger partial charge in [0.05, 0.1) is 33.3 Å². The monoisotopic (exact) mass is 693 g/mol. The van der Waals surface area contributed by atoms with Crippen LogP contribution in [0.15, 0.2) is 36.4 Å². The van der Waals surface area contributed by atoms with Gasteiger partial charge in [-0.2, -0.15) is 5.26 Å². The largest absolute Gasteiger partial charge is 0.327 e. The van der Waals surface area contributed by atoms with Crippen LogP contribution in [0.4, 0.5) is 11.4 Å². The van der Waals surface area contributed by atoms with Crippen molar-refractivity contribution in [3.63, 3.8) is 0 Å². The molecular formula is C38H44ClN9O2. The first kappa shape index (κ1) is 34.0. The van der Waals surface area contributed by atoms with Gasteiger partial charge in [-0.05, 0) is 38.1 Å². The maximum absolute atomic E-state index is 13.6. The Morgan fingerprint density at radius 1 is 0.840 bits per heavy atom. The molecule has 2 amide bonds. The van der Waals surface area contributed by atoms with Gasteiger partial charge in [-0.1, -0.05) is 68.0 Å². The number of benzene rings is 2. The zero-order valence-corrected chi connectivity index (χ0v) is 29.8. The highest BCUT2D eigenvalue weighted by atomic mass is 35.5. The van der Waals surface area contributed by atoms with Crippen LogP contribution in [0.1, 0.15) is 88.1 Å². The van der Waals surface area contributed by atoms with Crippen molar-refractivity contribution >= 4 is 34.8 Å². The molecule has 0 radical (unpaired) electrons. The Kier molecular flexibility index (Phi) is 9.78. The van der Waals surface area contributed by atoms with Crippen LogP contribution in [0.5, 0.6) is 0 Å². The predicted octanol–water partition coefficient (Wildman–Crippen LogP) is 6.17. The van der Waals surface area contributed by atoms with Crippen LogP contribution < -0.4 is 10.6 Å². The number of nitriles is 1. The molecule has 1 aliphatic carbocycles. The molecule has 0 spiro atoms. The molecule has 50 heavy (non-hydrogen) atoms. The van der Waals surface area contributed by atoms with Crippen molar-refractivity contribution in [3.8, 4) is 17.2 Å². The minimum atomic E-state index is -0.393. The summed E-state index contributed by atoms with van der Waals surface area (Å²) < 4.78 is 3.74. The Balaban J connectivity index is 1.07. The highest BCUT2D eigenvalue weighted by Crippen LogP contribution is 2.38. The minimum Gasteiger partial charge on any atom is -0.327 e. The van der Waals surface area contributed by atoms with Gasteiger partial charge in [0.2, 0.25) is 0 Å². The number of carbonyl (C=O) groups is 2. The lowest BCUT2D eigenvalue weighted by molar-refractivity contribution is 0.100. The number of fused-ring (bicyclic) bond motifs is 2. The number of aromatic nitrogens is 4. The molecular weight excluding hydrogens is 650 g/mol. The summed E-state index contributed by atoms with van der Waals surface area (Å²) in [5, 5.41) is 16.5. The summed E-state index contributed by atoms with van der Waals surface area (Å²) in [7, 11) is 5.78. The summed E-state index contributed by atoms with van der Waals surface area (Å²) in [6.45, 7) is 4.38. The molecule has 0 unspecified atom stereocenters. The van der Waals surface area contributed by atoms with Crippen molar-refractivity contribution in [3.05, 3.63) is 81.4 Å². The summed E-state index contributed by atoms with van der Waals surface area (Å²) >= 11 is 6.94. The van der Waals surface area contributed by atoms with Crippen LogP contribution in [0, 0.1) is 17.2 Å². The van der Waals surface area contributed by atoms with Crippen molar-refractivity contribution in [2.75, 3.05) is 37.3 Å². The number of likely N-dealkylation sites (N-methyl/N-ethyl adjacent to an activating group) is 1. The quantitative estimate of drug-likeness (QED) is 0.226. The fourth-order valence-electron chi connectivity index (χ4n) is 7.87. The van der Waals surface area contributed by atoms with Crippen molar-refractivity contribution < 1.29 is 9.59 Å². The third-order valence-corrected chi connectivity index (χ3v) is 11.1. The van der Waals surface area contributed by atoms with Crippen LogP contribution in [0.25, 0.3) is 11.1 Å². The number of carbonyl (C=O) groups excluding carboxylic acids is 2. The average Bonchev–Trinajstić information content (AvgIpc) is 3.63. The fourth-order valence-corrected chi connectivity index (χ4v) is 8.15. The maximum Gasteiger partial charge on any atom is 0.291 e. The Morgan fingerprint density at radius 3 is 2.12 bits per heavy atom. The molecule has 0 bridgehead atoms. The molecule has 2 aromatic carbocycles. The van der Waals surface area contributed by atoms with E-state index in [1.807, 2.05) is 30.3 Å². The van der Waals surface area contributed by atoms with Crippen molar-refractivity contribution in [1.82, 2.24) is 28.9 Å². The molecule has 3 aliphatic rings. The minimum absolute atomic E-state index is 0.259. The highest BCUT2D eigenvalue weighted by Gasteiger charge is 2.28. The molecule has 1 saturated carbocycles. The van der Waals surface area contributed by atoms with E-state index < -0.39 is 5.91 Å². The Bertz CT molecular complexity index is 1980. The van der Waals surface area contributed by atoms with Gasteiger partial charge in [0.25, 0.3) is 11.8 Å². The zero-order valence-electron chi connectivity index (χ0n) is 29.1. The number of anilines is 2. The van der Waals surface area contributed by atoms with Crippen LogP contribution in [0.2, 0.25) is 5.02 Å². The van der Waals surface area contributed by atoms with Gasteiger partial charge in [-0.15, -0.1) is 0 Å². The third kappa shape index (κ3) is 6.67. The number of nitrogens with zero attached hydrogens (tertiary/aromatic N) is 7. The lowest BCUT2D eigenvalue weighted by Gasteiger charge is -2.29. The predicted molar refractivity (Wildman–Crippen MR) is 194 cm³/mol. The lowest BCUT2D eigenvalue weighted by atomic mass is 9.87. The molecule has 4 aromatic rings. The molecule has 4 heterocycles. The molecule has 2 aromatic heterocycles. The van der Waals surface area contributed by atoms with Gasteiger partial charge in [-0.25, -0.2) is 9.97 Å². The molecule has 7 rings (SSSR count). The van der Waals surface area contributed by atoms with Crippen LogP contribution in [-0.4, -0.2) is 67.4 Å². The first-order valence-electron chi connectivity index (χ1n) is 17.7. The Hall–Kier alpha value is -4.50. The molecule has 12 heteroatoms. The van der Waals surface area contributed by atoms with Crippen LogP contribution >= 0.6 is 11.6 Å². The van der Waals surface area contributed by atoms with E-state index >= 15 is 0 Å². The number of rotatable bonds is 8. The molecule has 260 valence electrons. The van der Waals surface area contributed by atoms with Crippen molar-refractivity contribution in [2.24, 2.45) is 20.0 Å². The normalized spacial score (nSPS) is 16.8. The highest BCUT2D eigenvalue weighted by molar-refractivity contribution is 6.36. The van der Waals surface area contributed by atoms with Crippen molar-refractivity contribution in [1.29, 1.82) is 5.26 Å². The second-order valence-electron chi connectivity index (χ2n) is 14.0. The number of amides is 2. The summed E-state index contributed by atoms with van der Waals surface area (Å²) in [5.41, 5.74) is 6.11. The van der Waals surface area contributed by atoms with E-state index in [0.29, 0.717) is 40.7 Å². The smallest absolute Gasteiger partial charge is 0.291 e. The second kappa shape index (κ2) is 14.4. The third-order valence-electron chi connectivity index (χ3n) is 10.7. The van der Waals surface area contributed by atoms with E-state index in [2.05, 4.69) is 31.5 Å². The first-order valence-corrected chi connectivity index (χ1v) is 18.0. The molecule has 2 N–H and O–H groups in total. The number of hydrogen-bond donors (Lipinski definition) is 2. The number of nitrogens with one attached hydrogen (secondary N) is 2. The van der Waals surface area contributed by atoms with Gasteiger partial charge >= 0.3 is 0 Å². The SMILES string of the molecule is CN1CCc2c(nc(C(=O)Nc3cccc(-c4cccc(NC(=O)c5nc6c(n5C)CCN(CCC5CCCCC5)C6)c4Cl)c3C#N)n2C)C1. The number of hydrogen-bond acceptors (Lipinski definition) is 7. The van der Waals surface area contributed by atoms with Gasteiger partial charge in [-0.3, -0.25) is 14.5 Å². The maximum atomic E-state index is 13.6. The van der Waals surface area contributed by atoms with E-state index in [1.165, 1.54) is 38.5 Å². The molecule has 1 fully saturated rings. The standard InChI is InChI=1S/C38H44ClN9O2/c1-45-18-16-32-30(22-45)41-35(46(32)2)37(49)43-28-13-7-11-25(27(28)21-40)26-12-8-14-29(34(26)39)44-38(50)36-42-31-23-48(20-17-33(31)47(36)3)19-15-24-9-5-4-6-10-24/h7-8,11-14,24H,4-6,9-10,15-20,22-23H2,1-3H3,(H,43,49)(H,44,50). The molecule has 0 atom stereocenters. The van der Waals surface area contributed by atoms with E-state index in [1.54, 1.807) is 36.4 Å². The summed E-state index contributed by atoms with van der Waals surface area (Å²) in [6, 6.07) is 12.8. The average molecular weight is 694 g/mol. The van der Waals surface area contributed by atoms with Gasteiger partial charge < -0.3 is 24.7 Å². The second-order valence-corrected chi connectivity index (χ2v) is 14.4. The van der Waals surface area contributed by atoms with Crippen molar-refractivity contribution in [2.45, 2.75) is 64.5 Å². The molecule has 2 aliphatic heterocycles. The molecule has 11 nitrogen and oxygen atoms in total. The topological polar surface area (TPSA) is 124 Å². The lowest BCUT2D eigenvalue weighted by Crippen LogP contribution is -2.33. The van der Waals surface area contributed by atoms with E-state index in [9.17, 15) is 14.9 Å². The fraction of sp³-hybridized carbons (Fsp3) is 0.447. The Labute approximate surface area is 298 Å². The summed E-state index contributed by atoms with van der Waals surface area (Å²) in [4.78, 5) is 41.1. The zero-order chi connectivity index (χ0) is 34.9. The van der Waals surface area contributed by atoms with E-state index in [4.69, 9.17) is 16.6 Å². The number of imidazole rings is 2. The van der Waals surface area contributed by atoms with Gasteiger partial charge in [0, 0.05) is 75.6 Å². The summed E-state index contributed by atoms with van der Waals surface area (Å²) in [5.74, 6) is 0.734. The number of halogens is 1. The van der Waals surface area contributed by atoms with Crippen LogP contribution in [-0.2, 0) is 40.0 Å². The summed E-state index contributed by atoms with van der Waals surface area (Å²) in [6.07, 6.45) is 9.69. The van der Waals surface area contributed by atoms with E-state index in [-0.39, 0.29) is 16.5 Å². The van der Waals surface area contributed by atoms with Crippen LogP contribution in [0.3, 0.4) is 0 Å². The van der Waals surface area contributed by atoms with Gasteiger partial charge in [0.1, 0.15) is 6.07 Å². The first-order chi connectivity index (χ1) is 24.2.